The molecule has 14 bridgehead atoms. The van der Waals surface area contributed by atoms with Crippen LogP contribution >= 0.6 is 0 Å². The van der Waals surface area contributed by atoms with Gasteiger partial charge in [-0.25, -0.2) is 0 Å². The van der Waals surface area contributed by atoms with Crippen molar-refractivity contribution in [1.29, 1.82) is 0 Å². The van der Waals surface area contributed by atoms with E-state index in [0.29, 0.717) is 0 Å². The quantitative estimate of drug-likeness (QED) is 0.0768. The van der Waals surface area contributed by atoms with Crippen molar-refractivity contribution >= 4 is 0 Å². The predicted molar refractivity (Wildman–Crippen MR) is 262 cm³/mol. The first-order valence-corrected chi connectivity index (χ1v) is 27.3. The highest BCUT2D eigenvalue weighted by atomic mass is 16.8. The van der Waals surface area contributed by atoms with E-state index in [-0.39, 0.29) is 0 Å². The van der Waals surface area contributed by atoms with E-state index in [1.807, 2.05) is 0 Å². The highest BCUT2D eigenvalue weighted by Gasteiger charge is 2.60. The average molecular weight is 1230 g/mol. The van der Waals surface area contributed by atoms with Gasteiger partial charge in [0.25, 0.3) is 0 Å². The van der Waals surface area contributed by atoms with Crippen molar-refractivity contribution in [2.24, 2.45) is 0 Å². The van der Waals surface area contributed by atoms with E-state index in [1.165, 1.54) is 0 Å². The van der Waals surface area contributed by atoms with E-state index in [4.69, 9.17) is 99.5 Å². The fraction of sp³-hybridized carbons (Fsp3) is 1.00. The lowest BCUT2D eigenvalue weighted by molar-refractivity contribution is -0.399. The highest BCUT2D eigenvalue weighted by Crippen LogP contribution is 2.41. The molecule has 15 aliphatic rings. The summed E-state index contributed by atoms with van der Waals surface area (Å²) in [6.07, 6.45) is -57.0. The van der Waals surface area contributed by atoms with Gasteiger partial charge in [-0.15, -0.1) is 0 Å². The molecule has 84 heavy (non-hydrogen) atoms. The normalized spacial score (nSPS) is 51.8. The molecule has 0 amide bonds. The van der Waals surface area contributed by atoms with Crippen LogP contribution in [0.15, 0.2) is 0 Å². The third-order valence-electron chi connectivity index (χ3n) is 16.5. The maximum atomic E-state index is 11.9. The molecule has 35 atom stereocenters. The Balaban J connectivity index is 1.13. The molecule has 0 radical (unpaired) electrons. The summed E-state index contributed by atoms with van der Waals surface area (Å²) in [6.45, 7) is -6.17. The first-order valence-electron chi connectivity index (χ1n) is 27.3. The van der Waals surface area contributed by atoms with E-state index in [1.54, 1.807) is 0 Å². The van der Waals surface area contributed by atoms with Crippen molar-refractivity contribution in [3.05, 3.63) is 0 Å². The number of aliphatic hydroxyl groups is 14. The molecule has 0 aromatic heterocycles. The zero-order chi connectivity index (χ0) is 61.0. The highest BCUT2D eigenvalue weighted by molar-refractivity contribution is 5.03. The van der Waals surface area contributed by atoms with E-state index in [0.717, 1.165) is 49.8 Å². The third-order valence-corrected chi connectivity index (χ3v) is 16.5. The monoisotopic (exact) mass is 1230 g/mol. The minimum Gasteiger partial charge on any atom is -0.394 e. The molecule has 15 saturated heterocycles. The van der Waals surface area contributed by atoms with Gasteiger partial charge in [0.05, 0.1) is 46.2 Å². The average Bonchev–Trinajstić information content (AvgIpc) is 2.12. The molecule has 15 aliphatic heterocycles. The van der Waals surface area contributed by atoms with Crippen LogP contribution in [0.4, 0.5) is 0 Å². The molecule has 35 heteroatoms. The maximum absolute atomic E-state index is 11.9. The Morgan fingerprint density at radius 3 is 0.393 bits per heavy atom. The van der Waals surface area contributed by atoms with Gasteiger partial charge in [0.15, 0.2) is 44.0 Å². The van der Waals surface area contributed by atoms with Crippen LogP contribution < -0.4 is 0 Å². The molecule has 14 N–H and O–H groups in total. The molecule has 0 aromatic carbocycles. The van der Waals surface area contributed by atoms with Gasteiger partial charge in [-0.1, -0.05) is 0 Å². The summed E-state index contributed by atoms with van der Waals surface area (Å²) in [5, 5.41) is 158. The molecule has 15 fully saturated rings. The predicted octanol–water partition coefficient (Wildman–Crippen LogP) is -10.7. The maximum Gasteiger partial charge on any atom is 0.187 e. The fourth-order valence-corrected chi connectivity index (χ4v) is 12.1. The summed E-state index contributed by atoms with van der Waals surface area (Å²) >= 11 is 0. The first-order chi connectivity index (χ1) is 40.4. The number of aliphatic hydroxyl groups excluding tert-OH is 14. The summed E-state index contributed by atoms with van der Waals surface area (Å²) in [7, 11) is 8.15. The second-order valence-corrected chi connectivity index (χ2v) is 21.1. The fourth-order valence-electron chi connectivity index (χ4n) is 12.1. The SMILES string of the molecule is CO[C@H]1[C@H]2O[C@H]3[C@H](O)[C@@H](OC)[C@@H](O[C@H]4[C@H](O)[C@@H](OC)[C@@H](O[C@H]5[C@H](O)[C@@H](OC)[C@@H](O[C@H]6[C@H](O)[C@@H](OC)[C@@H](O[C@H]7[C@H](O)[C@@H](OC)[C@@H](O[C@H]8[C@H](O)[C@@H](OC)[C@@H](O[C@@H]([C@@H]1O)[C@@H](CO)O2)O[C@@H]8CO)O[C@@H]7CO)O[C@@H]6CO)O[C@@H]5CO)O[C@@H]4CO)O[C@@H]3CO. The molecule has 490 valence electrons. The topological polar surface area (TPSA) is 477 Å². The summed E-state index contributed by atoms with van der Waals surface area (Å²) in [4.78, 5) is 0. The van der Waals surface area contributed by atoms with Crippen LogP contribution in [0.3, 0.4) is 0 Å². The molecule has 0 spiro atoms. The van der Waals surface area contributed by atoms with Crippen molar-refractivity contribution in [1.82, 2.24) is 0 Å². The van der Waals surface area contributed by atoms with Crippen LogP contribution in [0, 0.1) is 0 Å². The molecule has 15 heterocycles. The number of fused-ring (bicyclic) bond motifs is 7. The van der Waals surface area contributed by atoms with Gasteiger partial charge in [0, 0.05) is 49.8 Å². The van der Waals surface area contributed by atoms with Crippen molar-refractivity contribution < 1.29 is 171 Å². The Hall–Kier alpha value is -1.40. The van der Waals surface area contributed by atoms with Crippen LogP contribution in [0.1, 0.15) is 0 Å². The van der Waals surface area contributed by atoms with Gasteiger partial charge in [0.2, 0.25) is 0 Å². The molecular weight excluding hydrogens is 1150 g/mol. The number of ether oxygens (including phenoxy) is 21. The van der Waals surface area contributed by atoms with Gasteiger partial charge in [-0.3, -0.25) is 0 Å². The Morgan fingerprint density at radius 1 is 0.202 bits per heavy atom. The minimum atomic E-state index is -1.80. The lowest BCUT2D eigenvalue weighted by atomic mass is 9.95. The second-order valence-electron chi connectivity index (χ2n) is 21.1. The Labute approximate surface area is 481 Å². The molecular formula is C49H84O35. The van der Waals surface area contributed by atoms with Gasteiger partial charge in [0.1, 0.15) is 171 Å². The van der Waals surface area contributed by atoms with Crippen molar-refractivity contribution in [2.45, 2.75) is 215 Å². The minimum absolute atomic E-state index is 0.881. The van der Waals surface area contributed by atoms with E-state index in [9.17, 15) is 71.5 Å². The summed E-state index contributed by atoms with van der Waals surface area (Å²) in [5.41, 5.74) is 0. The molecule has 0 unspecified atom stereocenters. The van der Waals surface area contributed by atoms with Gasteiger partial charge >= 0.3 is 0 Å². The summed E-state index contributed by atoms with van der Waals surface area (Å²) in [6, 6.07) is 0. The van der Waals surface area contributed by atoms with E-state index >= 15 is 0 Å². The second kappa shape index (κ2) is 30.6. The van der Waals surface area contributed by atoms with Gasteiger partial charge in [-0.05, 0) is 0 Å². The van der Waals surface area contributed by atoms with Crippen LogP contribution in [0.5, 0.6) is 0 Å². The standard InChI is InChI=1S/C49H84O35/c1-64-36-22(57)29-15(8-50)71-43(36)78-30-16(9-51)72-45(37(65-2)23(30)58)80-32-18(11-53)74-47(39(67-4)25(32)60)82-34-20(13-55)76-49(41(69-6)27(34)62)84-35-21(14-56)77-48(42(70-7)28(35)63)83-33-19(12-54)75-46(40(68-5)26(33)61)81-31-17(10-52)73-44(79-29)38(66-3)24(31)59/h15-63H,8-14H2,1-7H3/t15-,16-,17-,18-,19-,20-,21-,22+,23+,24+,25+,26+,27+,28+,29-,30-,31-,32-,33-,34-,35-,36-,37-,38-,39-,40-,41-,42-,43-,44-,45-,46-,47-,48-,49-/m1/s1. The van der Waals surface area contributed by atoms with Crippen LogP contribution in [0.25, 0.3) is 0 Å². The summed E-state index contributed by atoms with van der Waals surface area (Å²) < 4.78 is 125. The first kappa shape index (κ1) is 68.5. The molecule has 0 aliphatic carbocycles. The van der Waals surface area contributed by atoms with Crippen molar-refractivity contribution in [3.8, 4) is 0 Å². The lowest BCUT2D eigenvalue weighted by Crippen LogP contribution is -2.68. The number of methoxy groups -OCH3 is 7. The molecule has 0 saturated carbocycles. The third kappa shape index (κ3) is 13.5. The lowest BCUT2D eigenvalue weighted by Gasteiger charge is -2.51. The van der Waals surface area contributed by atoms with E-state index in [2.05, 4.69) is 0 Å². The zero-order valence-corrected chi connectivity index (χ0v) is 47.0. The summed E-state index contributed by atoms with van der Waals surface area (Å²) in [5.74, 6) is 0. The van der Waals surface area contributed by atoms with Gasteiger partial charge < -0.3 is 171 Å². The largest absolute Gasteiger partial charge is 0.394 e. The number of rotatable bonds is 14. The number of hydrogen-bond acceptors (Lipinski definition) is 35. The smallest absolute Gasteiger partial charge is 0.187 e. The molecule has 35 nitrogen and oxygen atoms in total. The van der Waals surface area contributed by atoms with Crippen molar-refractivity contribution in [2.75, 3.05) is 96.0 Å². The molecule has 15 rings (SSSR count). The van der Waals surface area contributed by atoms with Crippen LogP contribution in [-0.4, -0.2) is 382 Å². The van der Waals surface area contributed by atoms with Gasteiger partial charge in [-0.2, -0.15) is 0 Å². The number of hydrogen-bond donors (Lipinski definition) is 14. The van der Waals surface area contributed by atoms with Crippen molar-refractivity contribution in [3.63, 3.8) is 0 Å². The van der Waals surface area contributed by atoms with E-state index < -0.39 is 261 Å². The Morgan fingerprint density at radius 2 is 0.310 bits per heavy atom. The van der Waals surface area contributed by atoms with Crippen LogP contribution in [-0.2, 0) is 99.5 Å². The Kier molecular flexibility index (Phi) is 25.0. The van der Waals surface area contributed by atoms with Crippen LogP contribution in [0.2, 0.25) is 0 Å². The molecule has 0 aromatic rings. The zero-order valence-electron chi connectivity index (χ0n) is 47.0. The Bertz CT molecular complexity index is 1590.